The second kappa shape index (κ2) is 5.33. The van der Waals surface area contributed by atoms with Crippen molar-refractivity contribution < 1.29 is 9.90 Å². The van der Waals surface area contributed by atoms with E-state index in [-0.39, 0.29) is 11.7 Å². The second-order valence-electron chi connectivity index (χ2n) is 4.43. The van der Waals surface area contributed by atoms with Gasteiger partial charge in [0, 0.05) is 10.6 Å². The van der Waals surface area contributed by atoms with Crippen LogP contribution in [0.2, 0.25) is 5.02 Å². The molecule has 0 aromatic heterocycles. The smallest absolute Gasteiger partial charge is 0.256 e. The van der Waals surface area contributed by atoms with E-state index in [4.69, 9.17) is 11.6 Å². The number of carbonyl (C=O) groups is 1. The van der Waals surface area contributed by atoms with Crippen molar-refractivity contribution >= 4 is 23.2 Å². The summed E-state index contributed by atoms with van der Waals surface area (Å²) < 4.78 is 0. The molecule has 0 atom stereocenters. The lowest BCUT2D eigenvalue weighted by molar-refractivity contribution is 0.102. The lowest BCUT2D eigenvalue weighted by Gasteiger charge is -2.10. The quantitative estimate of drug-likeness (QED) is 0.816. The average molecular weight is 276 g/mol. The number of carbonyl (C=O) groups excluding carboxylic acids is 1. The van der Waals surface area contributed by atoms with E-state index in [9.17, 15) is 9.90 Å². The van der Waals surface area contributed by atoms with Crippen LogP contribution in [0.5, 0.6) is 5.75 Å². The number of anilines is 1. The number of aryl methyl sites for hydroxylation is 2. The standard InChI is InChI=1S/C15H14ClNO2/c1-9-3-6-13(14(18)7-9)17-15(19)12-8-11(16)5-4-10(12)2/h3-8,18H,1-2H3,(H,17,19). The van der Waals surface area contributed by atoms with Crippen molar-refractivity contribution in [2.24, 2.45) is 0 Å². The number of hydrogen-bond acceptors (Lipinski definition) is 2. The molecule has 0 heterocycles. The second-order valence-corrected chi connectivity index (χ2v) is 4.87. The van der Waals surface area contributed by atoms with Gasteiger partial charge in [0.2, 0.25) is 0 Å². The number of phenolic OH excluding ortho intramolecular Hbond substituents is 1. The van der Waals surface area contributed by atoms with Gasteiger partial charge in [-0.3, -0.25) is 4.79 Å². The van der Waals surface area contributed by atoms with Crippen LogP contribution in [0.3, 0.4) is 0 Å². The third kappa shape index (κ3) is 3.06. The van der Waals surface area contributed by atoms with Crippen molar-refractivity contribution in [1.82, 2.24) is 0 Å². The molecule has 1 amide bonds. The normalized spacial score (nSPS) is 10.3. The number of benzene rings is 2. The summed E-state index contributed by atoms with van der Waals surface area (Å²) in [5, 5.41) is 12.9. The molecule has 0 aliphatic heterocycles. The predicted octanol–water partition coefficient (Wildman–Crippen LogP) is 3.91. The Morgan fingerprint density at radius 3 is 2.58 bits per heavy atom. The largest absolute Gasteiger partial charge is 0.506 e. The monoisotopic (exact) mass is 275 g/mol. The van der Waals surface area contributed by atoms with E-state index >= 15 is 0 Å². The molecule has 4 heteroatoms. The Kier molecular flexibility index (Phi) is 3.76. The lowest BCUT2D eigenvalue weighted by Crippen LogP contribution is -2.13. The first-order valence-electron chi connectivity index (χ1n) is 5.84. The summed E-state index contributed by atoms with van der Waals surface area (Å²) in [5.74, 6) is -0.243. The number of rotatable bonds is 2. The maximum Gasteiger partial charge on any atom is 0.256 e. The number of hydrogen-bond donors (Lipinski definition) is 2. The zero-order valence-electron chi connectivity index (χ0n) is 10.7. The minimum absolute atomic E-state index is 0.0491. The molecule has 2 rings (SSSR count). The number of amides is 1. The molecule has 3 nitrogen and oxygen atoms in total. The van der Waals surface area contributed by atoms with Gasteiger partial charge in [0.1, 0.15) is 5.75 Å². The van der Waals surface area contributed by atoms with Crippen molar-refractivity contribution in [2.75, 3.05) is 5.32 Å². The molecular weight excluding hydrogens is 262 g/mol. The van der Waals surface area contributed by atoms with Crippen molar-refractivity contribution in [3.63, 3.8) is 0 Å². The Morgan fingerprint density at radius 1 is 1.16 bits per heavy atom. The first kappa shape index (κ1) is 13.4. The predicted molar refractivity (Wildman–Crippen MR) is 77.0 cm³/mol. The number of aromatic hydroxyl groups is 1. The van der Waals surface area contributed by atoms with Gasteiger partial charge in [-0.15, -0.1) is 0 Å². The number of halogens is 1. The van der Waals surface area contributed by atoms with Gasteiger partial charge in [-0.25, -0.2) is 0 Å². The molecule has 0 spiro atoms. The minimum atomic E-state index is -0.292. The highest BCUT2D eigenvalue weighted by Gasteiger charge is 2.11. The molecule has 0 aliphatic rings. The Morgan fingerprint density at radius 2 is 1.89 bits per heavy atom. The molecule has 2 aromatic rings. The highest BCUT2D eigenvalue weighted by Crippen LogP contribution is 2.25. The Labute approximate surface area is 116 Å². The van der Waals surface area contributed by atoms with E-state index in [1.807, 2.05) is 19.9 Å². The molecule has 2 aromatic carbocycles. The highest BCUT2D eigenvalue weighted by atomic mass is 35.5. The first-order valence-corrected chi connectivity index (χ1v) is 6.22. The fourth-order valence-corrected chi connectivity index (χ4v) is 1.95. The average Bonchev–Trinajstić information content (AvgIpc) is 2.35. The van der Waals surface area contributed by atoms with E-state index < -0.39 is 0 Å². The molecule has 0 radical (unpaired) electrons. The van der Waals surface area contributed by atoms with Gasteiger partial charge in [0.05, 0.1) is 5.69 Å². The van der Waals surface area contributed by atoms with E-state index in [0.717, 1.165) is 11.1 Å². The maximum atomic E-state index is 12.1. The van der Waals surface area contributed by atoms with E-state index in [2.05, 4.69) is 5.32 Å². The van der Waals surface area contributed by atoms with Crippen LogP contribution >= 0.6 is 11.6 Å². The summed E-state index contributed by atoms with van der Waals surface area (Å²) in [6.45, 7) is 3.70. The van der Waals surface area contributed by atoms with Crippen LogP contribution in [0.4, 0.5) is 5.69 Å². The van der Waals surface area contributed by atoms with Gasteiger partial charge in [-0.2, -0.15) is 0 Å². The third-order valence-electron chi connectivity index (χ3n) is 2.85. The van der Waals surface area contributed by atoms with Crippen LogP contribution < -0.4 is 5.32 Å². The molecular formula is C15H14ClNO2. The van der Waals surface area contributed by atoms with Crippen LogP contribution in [-0.2, 0) is 0 Å². The van der Waals surface area contributed by atoms with Crippen molar-refractivity contribution in [2.45, 2.75) is 13.8 Å². The summed E-state index contributed by atoms with van der Waals surface area (Å²) in [4.78, 5) is 12.1. The SMILES string of the molecule is Cc1ccc(NC(=O)c2cc(Cl)ccc2C)c(O)c1. The van der Waals surface area contributed by atoms with Gasteiger partial charge < -0.3 is 10.4 Å². The van der Waals surface area contributed by atoms with Crippen LogP contribution in [0.1, 0.15) is 21.5 Å². The van der Waals surface area contributed by atoms with Crippen molar-refractivity contribution in [1.29, 1.82) is 0 Å². The van der Waals surface area contributed by atoms with E-state index in [1.165, 1.54) is 0 Å². The molecule has 19 heavy (non-hydrogen) atoms. The third-order valence-corrected chi connectivity index (χ3v) is 3.08. The molecule has 0 aliphatic carbocycles. The molecule has 0 bridgehead atoms. The Hall–Kier alpha value is -2.00. The Balaban J connectivity index is 2.28. The van der Waals surface area contributed by atoms with Crippen LogP contribution in [0, 0.1) is 13.8 Å². The fourth-order valence-electron chi connectivity index (χ4n) is 1.78. The van der Waals surface area contributed by atoms with Crippen LogP contribution in [0.15, 0.2) is 36.4 Å². The molecule has 0 saturated carbocycles. The highest BCUT2D eigenvalue weighted by molar-refractivity contribution is 6.31. The zero-order valence-corrected chi connectivity index (χ0v) is 11.5. The molecule has 0 unspecified atom stereocenters. The maximum absolute atomic E-state index is 12.1. The van der Waals surface area contributed by atoms with Gasteiger partial charge in [-0.1, -0.05) is 23.7 Å². The summed E-state index contributed by atoms with van der Waals surface area (Å²) in [5.41, 5.74) is 2.63. The van der Waals surface area contributed by atoms with Gasteiger partial charge in [-0.05, 0) is 49.2 Å². The van der Waals surface area contributed by atoms with Crippen molar-refractivity contribution in [3.8, 4) is 5.75 Å². The van der Waals surface area contributed by atoms with Crippen LogP contribution in [-0.4, -0.2) is 11.0 Å². The summed E-state index contributed by atoms with van der Waals surface area (Å²) in [7, 11) is 0. The number of phenols is 1. The van der Waals surface area contributed by atoms with Crippen LogP contribution in [0.25, 0.3) is 0 Å². The Bertz CT molecular complexity index is 638. The number of nitrogens with one attached hydrogen (secondary N) is 1. The van der Waals surface area contributed by atoms with Crippen molar-refractivity contribution in [3.05, 3.63) is 58.1 Å². The first-order chi connectivity index (χ1) is 8.97. The zero-order chi connectivity index (χ0) is 14.0. The summed E-state index contributed by atoms with van der Waals surface area (Å²) >= 11 is 5.89. The molecule has 98 valence electrons. The fraction of sp³-hybridized carbons (Fsp3) is 0.133. The summed E-state index contributed by atoms with van der Waals surface area (Å²) in [6.07, 6.45) is 0. The van der Waals surface area contributed by atoms with Gasteiger partial charge in [0.15, 0.2) is 0 Å². The topological polar surface area (TPSA) is 49.3 Å². The molecule has 2 N–H and O–H groups in total. The molecule has 0 saturated heterocycles. The minimum Gasteiger partial charge on any atom is -0.506 e. The summed E-state index contributed by atoms with van der Waals surface area (Å²) in [6, 6.07) is 10.2. The van der Waals surface area contributed by atoms with E-state index in [0.29, 0.717) is 16.3 Å². The van der Waals surface area contributed by atoms with Gasteiger partial charge >= 0.3 is 0 Å². The van der Waals surface area contributed by atoms with Gasteiger partial charge in [0.25, 0.3) is 5.91 Å². The van der Waals surface area contributed by atoms with E-state index in [1.54, 1.807) is 30.3 Å². The lowest BCUT2D eigenvalue weighted by atomic mass is 10.1. The molecule has 0 fully saturated rings.